The van der Waals surface area contributed by atoms with Crippen LogP contribution in [0.5, 0.6) is 0 Å². The maximum absolute atomic E-state index is 13.2. The van der Waals surface area contributed by atoms with Crippen LogP contribution >= 0.6 is 27.7 Å². The predicted molar refractivity (Wildman–Crippen MR) is 74.8 cm³/mol. The highest BCUT2D eigenvalue weighted by molar-refractivity contribution is 9.10. The van der Waals surface area contributed by atoms with E-state index in [4.69, 9.17) is 5.26 Å². The van der Waals surface area contributed by atoms with E-state index < -0.39 is 0 Å². The monoisotopic (exact) mass is 321 g/mol. The molecule has 2 aromatic rings. The Labute approximate surface area is 118 Å². The van der Waals surface area contributed by atoms with Crippen LogP contribution in [0.2, 0.25) is 0 Å². The third-order valence-corrected chi connectivity index (χ3v) is 3.92. The number of halogens is 2. The van der Waals surface area contributed by atoms with Crippen molar-refractivity contribution in [2.45, 2.75) is 10.6 Å². The van der Waals surface area contributed by atoms with Gasteiger partial charge in [0.25, 0.3) is 0 Å². The molecule has 0 amide bonds. The van der Waals surface area contributed by atoms with Gasteiger partial charge in [-0.25, -0.2) is 4.39 Å². The Kier molecular flexibility index (Phi) is 4.40. The Balaban J connectivity index is 2.08. The smallest absolute Gasteiger partial charge is 0.124 e. The van der Waals surface area contributed by atoms with Crippen LogP contribution in [0.1, 0.15) is 11.1 Å². The lowest BCUT2D eigenvalue weighted by Gasteiger charge is -2.03. The van der Waals surface area contributed by atoms with E-state index in [1.807, 2.05) is 30.3 Å². The van der Waals surface area contributed by atoms with Crippen molar-refractivity contribution in [2.75, 3.05) is 0 Å². The first-order chi connectivity index (χ1) is 8.67. The minimum Gasteiger partial charge on any atom is -0.207 e. The standard InChI is InChI=1S/C14H9BrFNS/c15-12-1-3-14(4-2-12)18-9-11-5-10(8-17)6-13(16)7-11/h1-7H,9H2. The molecular formula is C14H9BrFNS. The third-order valence-electron chi connectivity index (χ3n) is 2.31. The summed E-state index contributed by atoms with van der Waals surface area (Å²) < 4.78 is 14.3. The summed E-state index contributed by atoms with van der Waals surface area (Å²) in [6.45, 7) is 0. The average molecular weight is 322 g/mol. The molecule has 0 aliphatic carbocycles. The van der Waals surface area contributed by atoms with Gasteiger partial charge in [0.1, 0.15) is 5.82 Å². The average Bonchev–Trinajstić information content (AvgIpc) is 2.37. The summed E-state index contributed by atoms with van der Waals surface area (Å²) in [4.78, 5) is 1.11. The molecule has 18 heavy (non-hydrogen) atoms. The van der Waals surface area contributed by atoms with Crippen LogP contribution in [0, 0.1) is 17.1 Å². The number of nitriles is 1. The molecule has 0 bridgehead atoms. The van der Waals surface area contributed by atoms with E-state index in [9.17, 15) is 4.39 Å². The predicted octanol–water partition coefficient (Wildman–Crippen LogP) is 4.75. The van der Waals surface area contributed by atoms with Gasteiger partial charge >= 0.3 is 0 Å². The minimum absolute atomic E-state index is 0.361. The molecule has 0 aromatic heterocycles. The van der Waals surface area contributed by atoms with E-state index in [1.54, 1.807) is 17.8 Å². The highest BCUT2D eigenvalue weighted by atomic mass is 79.9. The number of thioether (sulfide) groups is 1. The lowest BCUT2D eigenvalue weighted by atomic mass is 10.1. The van der Waals surface area contributed by atoms with Crippen molar-refractivity contribution in [1.29, 1.82) is 5.26 Å². The van der Waals surface area contributed by atoms with Crippen molar-refractivity contribution in [3.05, 3.63) is 63.9 Å². The zero-order valence-corrected chi connectivity index (χ0v) is 11.8. The second-order valence-electron chi connectivity index (χ2n) is 3.70. The SMILES string of the molecule is N#Cc1cc(F)cc(CSc2ccc(Br)cc2)c1. The summed E-state index contributed by atoms with van der Waals surface area (Å²) in [5, 5.41) is 8.77. The Bertz CT molecular complexity index is 590. The molecule has 0 atom stereocenters. The normalized spacial score (nSPS) is 10.1. The molecule has 0 saturated heterocycles. The van der Waals surface area contributed by atoms with Crippen LogP contribution in [0.15, 0.2) is 51.8 Å². The molecular weight excluding hydrogens is 313 g/mol. The first kappa shape index (κ1) is 13.1. The molecule has 4 heteroatoms. The van der Waals surface area contributed by atoms with Gasteiger partial charge in [0.2, 0.25) is 0 Å². The van der Waals surface area contributed by atoms with Crippen molar-refractivity contribution in [3.63, 3.8) is 0 Å². The van der Waals surface area contributed by atoms with Crippen molar-refractivity contribution >= 4 is 27.7 Å². The summed E-state index contributed by atoms with van der Waals surface area (Å²) in [7, 11) is 0. The molecule has 90 valence electrons. The van der Waals surface area contributed by atoms with Crippen LogP contribution < -0.4 is 0 Å². The summed E-state index contributed by atoms with van der Waals surface area (Å²) in [5.74, 6) is 0.286. The van der Waals surface area contributed by atoms with Gasteiger partial charge in [0.05, 0.1) is 11.6 Å². The zero-order valence-electron chi connectivity index (χ0n) is 9.36. The summed E-state index contributed by atoms with van der Waals surface area (Å²) >= 11 is 4.99. The van der Waals surface area contributed by atoms with Gasteiger partial charge < -0.3 is 0 Å². The second-order valence-corrected chi connectivity index (χ2v) is 5.67. The molecule has 0 radical (unpaired) electrons. The zero-order chi connectivity index (χ0) is 13.0. The Morgan fingerprint density at radius 1 is 1.17 bits per heavy atom. The maximum Gasteiger partial charge on any atom is 0.124 e. The van der Waals surface area contributed by atoms with Crippen molar-refractivity contribution in [1.82, 2.24) is 0 Å². The Morgan fingerprint density at radius 3 is 2.56 bits per heavy atom. The topological polar surface area (TPSA) is 23.8 Å². The number of benzene rings is 2. The van der Waals surface area contributed by atoms with Gasteiger partial charge in [-0.15, -0.1) is 11.8 Å². The maximum atomic E-state index is 13.2. The van der Waals surface area contributed by atoms with E-state index in [1.165, 1.54) is 12.1 Å². The molecule has 0 spiro atoms. The van der Waals surface area contributed by atoms with E-state index >= 15 is 0 Å². The quantitative estimate of drug-likeness (QED) is 0.761. The molecule has 0 heterocycles. The van der Waals surface area contributed by atoms with Crippen molar-refractivity contribution in [3.8, 4) is 6.07 Å². The number of rotatable bonds is 3. The van der Waals surface area contributed by atoms with Gasteiger partial charge in [-0.2, -0.15) is 5.26 Å². The fourth-order valence-electron chi connectivity index (χ4n) is 1.50. The van der Waals surface area contributed by atoms with E-state index in [0.717, 1.165) is 14.9 Å². The van der Waals surface area contributed by atoms with Crippen molar-refractivity contribution in [2.24, 2.45) is 0 Å². The van der Waals surface area contributed by atoms with E-state index in [-0.39, 0.29) is 5.82 Å². The third kappa shape index (κ3) is 3.59. The molecule has 2 rings (SSSR count). The number of hydrogen-bond donors (Lipinski definition) is 0. The van der Waals surface area contributed by atoms with Crippen LogP contribution in [-0.2, 0) is 5.75 Å². The van der Waals surface area contributed by atoms with Crippen LogP contribution in [-0.4, -0.2) is 0 Å². The largest absolute Gasteiger partial charge is 0.207 e. The molecule has 0 saturated carbocycles. The first-order valence-corrected chi connectivity index (χ1v) is 7.03. The Hall–Kier alpha value is -1.31. The van der Waals surface area contributed by atoms with Gasteiger partial charge in [-0.1, -0.05) is 15.9 Å². The molecule has 0 unspecified atom stereocenters. The molecule has 0 aliphatic heterocycles. The van der Waals surface area contributed by atoms with E-state index in [0.29, 0.717) is 11.3 Å². The lowest BCUT2D eigenvalue weighted by molar-refractivity contribution is 0.626. The first-order valence-electron chi connectivity index (χ1n) is 5.25. The highest BCUT2D eigenvalue weighted by Crippen LogP contribution is 2.25. The highest BCUT2D eigenvalue weighted by Gasteiger charge is 2.02. The number of hydrogen-bond acceptors (Lipinski definition) is 2. The van der Waals surface area contributed by atoms with E-state index in [2.05, 4.69) is 15.9 Å². The van der Waals surface area contributed by atoms with Gasteiger partial charge in [-0.3, -0.25) is 0 Å². The van der Waals surface area contributed by atoms with Crippen molar-refractivity contribution < 1.29 is 4.39 Å². The molecule has 1 nitrogen and oxygen atoms in total. The summed E-state index contributed by atoms with van der Waals surface area (Å²) in [6, 6.07) is 14.3. The molecule has 0 fully saturated rings. The fraction of sp³-hybridized carbons (Fsp3) is 0.0714. The fourth-order valence-corrected chi connectivity index (χ4v) is 2.59. The second kappa shape index (κ2) is 6.03. The van der Waals surface area contributed by atoms with Crippen LogP contribution in [0.3, 0.4) is 0 Å². The molecule has 2 aromatic carbocycles. The van der Waals surface area contributed by atoms with Gasteiger partial charge in [0, 0.05) is 15.1 Å². The van der Waals surface area contributed by atoms with Crippen LogP contribution in [0.4, 0.5) is 4.39 Å². The van der Waals surface area contributed by atoms with Gasteiger partial charge in [-0.05, 0) is 48.0 Å². The Morgan fingerprint density at radius 2 is 1.89 bits per heavy atom. The summed E-state index contributed by atoms with van der Waals surface area (Å²) in [6.07, 6.45) is 0. The minimum atomic E-state index is -0.361. The molecule has 0 N–H and O–H groups in total. The summed E-state index contributed by atoms with van der Waals surface area (Å²) in [5.41, 5.74) is 1.18. The lowest BCUT2D eigenvalue weighted by Crippen LogP contribution is -1.86. The molecule has 0 aliphatic rings. The van der Waals surface area contributed by atoms with Gasteiger partial charge in [0.15, 0.2) is 0 Å². The number of nitrogens with zero attached hydrogens (tertiary/aromatic N) is 1. The van der Waals surface area contributed by atoms with Crippen LogP contribution in [0.25, 0.3) is 0 Å².